The lowest BCUT2D eigenvalue weighted by molar-refractivity contribution is -0.119. The van der Waals surface area contributed by atoms with Gasteiger partial charge in [0.1, 0.15) is 18.3 Å². The van der Waals surface area contributed by atoms with Gasteiger partial charge in [-0.25, -0.2) is 0 Å². The van der Waals surface area contributed by atoms with Gasteiger partial charge in [-0.2, -0.15) is 0 Å². The van der Waals surface area contributed by atoms with E-state index in [-0.39, 0.29) is 6.61 Å². The number of hydrogen-bond donors (Lipinski definition) is 2. The molecule has 0 fully saturated rings. The fourth-order valence-electron chi connectivity index (χ4n) is 1.60. The maximum absolute atomic E-state index is 11.1. The maximum Gasteiger partial charge on any atom is 0.248 e. The molecular formula is C10H10N2O3. The highest BCUT2D eigenvalue weighted by molar-refractivity contribution is 5.94. The Morgan fingerprint density at radius 2 is 2.07 bits per heavy atom. The van der Waals surface area contributed by atoms with Crippen molar-refractivity contribution in [2.24, 2.45) is 11.5 Å². The summed E-state index contributed by atoms with van der Waals surface area (Å²) in [5.41, 5.74) is 11.3. The van der Waals surface area contributed by atoms with E-state index >= 15 is 0 Å². The highest BCUT2D eigenvalue weighted by Gasteiger charge is 2.29. The topological polar surface area (TPSA) is 95.4 Å². The Hall–Kier alpha value is -2.04. The first-order valence-electron chi connectivity index (χ1n) is 4.45. The summed E-state index contributed by atoms with van der Waals surface area (Å²) in [5, 5.41) is 0. The fraction of sp³-hybridized carbons (Fsp3) is 0.200. The van der Waals surface area contributed by atoms with E-state index < -0.39 is 17.7 Å². The average molecular weight is 206 g/mol. The van der Waals surface area contributed by atoms with Crippen molar-refractivity contribution in [3.05, 3.63) is 29.3 Å². The van der Waals surface area contributed by atoms with Crippen LogP contribution in [0.3, 0.4) is 0 Å². The zero-order chi connectivity index (χ0) is 11.0. The monoisotopic (exact) mass is 206 g/mol. The molecule has 1 unspecified atom stereocenters. The van der Waals surface area contributed by atoms with Gasteiger partial charge in [0.2, 0.25) is 11.8 Å². The summed E-state index contributed by atoms with van der Waals surface area (Å²) in [5.74, 6) is -0.897. The Morgan fingerprint density at radius 3 is 2.67 bits per heavy atom. The van der Waals surface area contributed by atoms with Crippen molar-refractivity contribution in [2.45, 2.75) is 5.92 Å². The Kier molecular flexibility index (Phi) is 2.07. The van der Waals surface area contributed by atoms with Gasteiger partial charge in [-0.05, 0) is 18.2 Å². The molecule has 1 aliphatic rings. The van der Waals surface area contributed by atoms with Crippen LogP contribution in [-0.4, -0.2) is 18.4 Å². The molecule has 1 aliphatic heterocycles. The van der Waals surface area contributed by atoms with Gasteiger partial charge in [0.15, 0.2) is 0 Å². The van der Waals surface area contributed by atoms with Crippen molar-refractivity contribution >= 4 is 11.8 Å². The van der Waals surface area contributed by atoms with Gasteiger partial charge in [0.05, 0.1) is 0 Å². The van der Waals surface area contributed by atoms with E-state index in [4.69, 9.17) is 16.2 Å². The minimum atomic E-state index is -0.534. The number of carbonyl (C=O) groups excluding carboxylic acids is 2. The zero-order valence-electron chi connectivity index (χ0n) is 7.90. The van der Waals surface area contributed by atoms with E-state index in [9.17, 15) is 9.59 Å². The normalized spacial score (nSPS) is 18.0. The van der Waals surface area contributed by atoms with Crippen molar-refractivity contribution in [1.29, 1.82) is 0 Å². The second kappa shape index (κ2) is 3.27. The van der Waals surface area contributed by atoms with E-state index in [1.165, 1.54) is 0 Å². The molecular weight excluding hydrogens is 196 g/mol. The van der Waals surface area contributed by atoms with E-state index in [0.29, 0.717) is 16.9 Å². The molecule has 0 saturated heterocycles. The van der Waals surface area contributed by atoms with Gasteiger partial charge in [-0.15, -0.1) is 0 Å². The highest BCUT2D eigenvalue weighted by Crippen LogP contribution is 2.34. The smallest absolute Gasteiger partial charge is 0.248 e. The summed E-state index contributed by atoms with van der Waals surface area (Å²) in [6.07, 6.45) is 0. The number of rotatable bonds is 2. The molecule has 2 amide bonds. The first-order valence-corrected chi connectivity index (χ1v) is 4.45. The van der Waals surface area contributed by atoms with Crippen molar-refractivity contribution < 1.29 is 14.3 Å². The lowest BCUT2D eigenvalue weighted by Gasteiger charge is -2.04. The van der Waals surface area contributed by atoms with Crippen molar-refractivity contribution in [3.63, 3.8) is 0 Å². The van der Waals surface area contributed by atoms with Crippen LogP contribution >= 0.6 is 0 Å². The molecule has 1 aromatic carbocycles. The van der Waals surface area contributed by atoms with Crippen LogP contribution in [0.1, 0.15) is 21.8 Å². The van der Waals surface area contributed by atoms with Crippen molar-refractivity contribution in [3.8, 4) is 5.75 Å². The molecule has 0 bridgehead atoms. The first-order chi connectivity index (χ1) is 7.09. The molecule has 2 rings (SSSR count). The molecule has 0 spiro atoms. The fourth-order valence-corrected chi connectivity index (χ4v) is 1.60. The van der Waals surface area contributed by atoms with Gasteiger partial charge in [0.25, 0.3) is 0 Å². The molecule has 0 saturated carbocycles. The van der Waals surface area contributed by atoms with E-state index in [2.05, 4.69) is 0 Å². The lowest BCUT2D eigenvalue weighted by Crippen LogP contribution is -2.22. The number of amides is 2. The predicted octanol–water partition coefficient (Wildman–Crippen LogP) is -0.253. The summed E-state index contributed by atoms with van der Waals surface area (Å²) in [6.45, 7) is 0.229. The number of nitrogens with two attached hydrogens (primary N) is 2. The Morgan fingerprint density at radius 1 is 1.33 bits per heavy atom. The van der Waals surface area contributed by atoms with Gasteiger partial charge in [-0.1, -0.05) is 0 Å². The second-order valence-electron chi connectivity index (χ2n) is 3.38. The van der Waals surface area contributed by atoms with Crippen LogP contribution in [0.15, 0.2) is 18.2 Å². The minimum absolute atomic E-state index is 0.229. The summed E-state index contributed by atoms with van der Waals surface area (Å²) in [7, 11) is 0. The number of benzene rings is 1. The SMILES string of the molecule is NC(=O)c1ccc2c(c1)C(C(N)=O)CO2. The molecule has 4 N–H and O–H groups in total. The summed E-state index contributed by atoms with van der Waals surface area (Å²) in [6, 6.07) is 4.74. The standard InChI is InChI=1S/C10H10N2O3/c11-9(13)5-1-2-8-6(3-5)7(4-15-8)10(12)14/h1-3,7H,4H2,(H2,11,13)(H2,12,14). The maximum atomic E-state index is 11.1. The number of carbonyl (C=O) groups is 2. The number of ether oxygens (including phenoxy) is 1. The Bertz CT molecular complexity index is 442. The van der Waals surface area contributed by atoms with Gasteiger partial charge < -0.3 is 16.2 Å². The van der Waals surface area contributed by atoms with Crippen LogP contribution in [-0.2, 0) is 4.79 Å². The molecule has 0 aromatic heterocycles. The highest BCUT2D eigenvalue weighted by atomic mass is 16.5. The average Bonchev–Trinajstić information content (AvgIpc) is 2.59. The van der Waals surface area contributed by atoms with E-state index in [1.807, 2.05) is 0 Å². The number of hydrogen-bond acceptors (Lipinski definition) is 3. The molecule has 78 valence electrons. The van der Waals surface area contributed by atoms with Crippen LogP contribution in [0.25, 0.3) is 0 Å². The zero-order valence-corrected chi connectivity index (χ0v) is 7.90. The quantitative estimate of drug-likeness (QED) is 0.698. The van der Waals surface area contributed by atoms with Crippen LogP contribution in [0.4, 0.5) is 0 Å². The molecule has 5 nitrogen and oxygen atoms in total. The van der Waals surface area contributed by atoms with Crippen LogP contribution in [0.5, 0.6) is 5.75 Å². The molecule has 0 aliphatic carbocycles. The molecule has 1 atom stereocenters. The van der Waals surface area contributed by atoms with Gasteiger partial charge >= 0.3 is 0 Å². The molecule has 1 heterocycles. The van der Waals surface area contributed by atoms with Crippen LogP contribution in [0, 0.1) is 0 Å². The number of primary amides is 2. The molecule has 5 heteroatoms. The summed E-state index contributed by atoms with van der Waals surface area (Å²) >= 11 is 0. The Labute approximate surface area is 86.0 Å². The third-order valence-electron chi connectivity index (χ3n) is 2.42. The van der Waals surface area contributed by atoms with Gasteiger partial charge in [0, 0.05) is 11.1 Å². The van der Waals surface area contributed by atoms with Gasteiger partial charge in [-0.3, -0.25) is 9.59 Å². The van der Waals surface area contributed by atoms with Crippen molar-refractivity contribution in [2.75, 3.05) is 6.61 Å². The lowest BCUT2D eigenvalue weighted by atomic mass is 9.98. The summed E-state index contributed by atoms with van der Waals surface area (Å²) in [4.78, 5) is 22.0. The number of fused-ring (bicyclic) bond motifs is 1. The van der Waals surface area contributed by atoms with E-state index in [1.54, 1.807) is 18.2 Å². The van der Waals surface area contributed by atoms with E-state index in [0.717, 1.165) is 0 Å². The summed E-state index contributed by atoms with van der Waals surface area (Å²) < 4.78 is 5.25. The largest absolute Gasteiger partial charge is 0.492 e. The third kappa shape index (κ3) is 1.52. The predicted molar refractivity (Wildman–Crippen MR) is 52.4 cm³/mol. The Balaban J connectivity index is 2.46. The minimum Gasteiger partial charge on any atom is -0.492 e. The third-order valence-corrected chi connectivity index (χ3v) is 2.42. The molecule has 0 radical (unpaired) electrons. The van der Waals surface area contributed by atoms with Crippen LogP contribution in [0.2, 0.25) is 0 Å². The van der Waals surface area contributed by atoms with Crippen LogP contribution < -0.4 is 16.2 Å². The molecule has 15 heavy (non-hydrogen) atoms. The second-order valence-corrected chi connectivity index (χ2v) is 3.38. The van der Waals surface area contributed by atoms with Crippen molar-refractivity contribution in [1.82, 2.24) is 0 Å². The first kappa shape index (κ1) is 9.51. The molecule has 1 aromatic rings.